The van der Waals surface area contributed by atoms with Crippen LogP contribution in [0.3, 0.4) is 0 Å². The molecule has 0 spiro atoms. The summed E-state index contributed by atoms with van der Waals surface area (Å²) in [6.45, 7) is 2.17. The largest absolute Gasteiger partial charge is 1.00 e. The number of anilines is 2. The van der Waals surface area contributed by atoms with Crippen molar-refractivity contribution in [2.75, 3.05) is 5.32 Å². The average Bonchev–Trinajstić information content (AvgIpc) is 2.47. The van der Waals surface area contributed by atoms with Crippen LogP contribution in [0.4, 0.5) is 11.4 Å². The summed E-state index contributed by atoms with van der Waals surface area (Å²) in [4.78, 5) is 2.61. The maximum absolute atomic E-state index is 3.62. The van der Waals surface area contributed by atoms with Gasteiger partial charge in [0.25, 0.3) is 0 Å². The van der Waals surface area contributed by atoms with Crippen LogP contribution in [0.1, 0.15) is 5.56 Å². The average molecular weight is 315 g/mol. The number of pyridine rings is 1. The van der Waals surface area contributed by atoms with E-state index >= 15 is 0 Å². The van der Waals surface area contributed by atoms with Crippen LogP contribution in [0.5, 0.6) is 0 Å². The third-order valence-corrected chi connectivity index (χ3v) is 5.07. The molecule has 0 aliphatic carbocycles. The first-order valence-corrected chi connectivity index (χ1v) is 7.51. The number of nitrogens with one attached hydrogen (secondary N) is 1. The van der Waals surface area contributed by atoms with Gasteiger partial charge < -0.3 is 17.7 Å². The van der Waals surface area contributed by atoms with Crippen LogP contribution >= 0.6 is 11.8 Å². The standard InChI is InChI=1S/C17H14N2S.ClH/c1-11-6-5-8-13-17(11)20-15-10-19(2)14-9-4-3-7-12(14)16(15)18-13;/h3-10H,1-2H3;1H. The van der Waals surface area contributed by atoms with E-state index in [1.165, 1.54) is 37.6 Å². The van der Waals surface area contributed by atoms with Gasteiger partial charge in [-0.2, -0.15) is 4.57 Å². The second-order valence-electron chi connectivity index (χ2n) is 5.18. The maximum atomic E-state index is 3.62. The van der Waals surface area contributed by atoms with Gasteiger partial charge in [-0.15, -0.1) is 0 Å². The number of nitrogens with zero attached hydrogens (tertiary/aromatic N) is 1. The summed E-state index contributed by atoms with van der Waals surface area (Å²) >= 11 is 1.85. The van der Waals surface area contributed by atoms with Gasteiger partial charge in [-0.3, -0.25) is 0 Å². The number of hydrogen-bond donors (Lipinski definition) is 1. The van der Waals surface area contributed by atoms with Crippen molar-refractivity contribution in [1.82, 2.24) is 0 Å². The fourth-order valence-electron chi connectivity index (χ4n) is 2.77. The second kappa shape index (κ2) is 5.24. The maximum Gasteiger partial charge on any atom is 0.214 e. The number of aromatic nitrogens is 1. The second-order valence-corrected chi connectivity index (χ2v) is 6.23. The predicted octanol–water partition coefficient (Wildman–Crippen LogP) is 1.18. The Labute approximate surface area is 134 Å². The van der Waals surface area contributed by atoms with E-state index in [0.717, 1.165) is 0 Å². The van der Waals surface area contributed by atoms with E-state index in [-0.39, 0.29) is 12.4 Å². The quantitative estimate of drug-likeness (QED) is 0.491. The van der Waals surface area contributed by atoms with Gasteiger partial charge in [0.1, 0.15) is 11.9 Å². The Bertz CT molecular complexity index is 846. The van der Waals surface area contributed by atoms with Gasteiger partial charge >= 0.3 is 0 Å². The molecule has 1 aromatic heterocycles. The summed E-state index contributed by atoms with van der Waals surface area (Å²) in [5.41, 5.74) is 5.00. The molecule has 4 heteroatoms. The summed E-state index contributed by atoms with van der Waals surface area (Å²) in [5, 5.41) is 4.89. The van der Waals surface area contributed by atoms with Crippen molar-refractivity contribution in [2.45, 2.75) is 16.7 Å². The molecule has 2 aromatic carbocycles. The highest BCUT2D eigenvalue weighted by atomic mass is 35.5. The molecule has 1 N–H and O–H groups in total. The minimum atomic E-state index is 0. The molecule has 0 saturated heterocycles. The van der Waals surface area contributed by atoms with Gasteiger partial charge in [-0.05, 0) is 24.6 Å². The molecular formula is C17H15ClN2S. The summed E-state index contributed by atoms with van der Waals surface area (Å²) in [6.07, 6.45) is 2.21. The highest BCUT2D eigenvalue weighted by Gasteiger charge is 2.23. The van der Waals surface area contributed by atoms with Crippen LogP contribution in [0, 0.1) is 6.92 Å². The fraction of sp³-hybridized carbons (Fsp3) is 0.118. The molecule has 106 valence electrons. The molecular weight excluding hydrogens is 300 g/mol. The smallest absolute Gasteiger partial charge is 0.214 e. The van der Waals surface area contributed by atoms with Crippen LogP contribution in [0.15, 0.2) is 58.5 Å². The van der Waals surface area contributed by atoms with Crippen molar-refractivity contribution in [3.8, 4) is 0 Å². The first-order chi connectivity index (χ1) is 9.74. The molecule has 4 rings (SSSR count). The Morgan fingerprint density at radius 3 is 2.71 bits per heavy atom. The lowest BCUT2D eigenvalue weighted by Crippen LogP contribution is -3.00. The molecule has 1 aliphatic heterocycles. The van der Waals surface area contributed by atoms with E-state index in [1.807, 2.05) is 11.8 Å². The molecule has 0 saturated carbocycles. The monoisotopic (exact) mass is 314 g/mol. The number of benzene rings is 2. The molecule has 0 unspecified atom stereocenters. The Kier molecular flexibility index (Phi) is 3.56. The summed E-state index contributed by atoms with van der Waals surface area (Å²) in [6, 6.07) is 15.0. The molecule has 2 nitrogen and oxygen atoms in total. The Morgan fingerprint density at radius 2 is 1.86 bits per heavy atom. The molecule has 21 heavy (non-hydrogen) atoms. The molecule has 1 aliphatic rings. The van der Waals surface area contributed by atoms with Gasteiger partial charge in [0.2, 0.25) is 5.52 Å². The zero-order valence-electron chi connectivity index (χ0n) is 11.9. The number of fused-ring (bicyclic) bond motifs is 4. The molecule has 0 radical (unpaired) electrons. The summed E-state index contributed by atoms with van der Waals surface area (Å²) in [5.74, 6) is 0. The summed E-state index contributed by atoms with van der Waals surface area (Å²) in [7, 11) is 2.11. The van der Waals surface area contributed by atoms with Crippen molar-refractivity contribution in [2.24, 2.45) is 7.05 Å². The van der Waals surface area contributed by atoms with Gasteiger partial charge in [-0.1, -0.05) is 36.0 Å². The SMILES string of the molecule is Cc1cccc2c1Sc1c[n+](C)c3ccccc3c1N2.[Cl-]. The van der Waals surface area contributed by atoms with Crippen LogP contribution < -0.4 is 22.3 Å². The normalized spacial score (nSPS) is 12.1. The molecule has 2 heterocycles. The molecule has 0 fully saturated rings. The molecule has 0 atom stereocenters. The first-order valence-electron chi connectivity index (χ1n) is 6.70. The first kappa shape index (κ1) is 14.2. The van der Waals surface area contributed by atoms with Crippen LogP contribution in [-0.4, -0.2) is 0 Å². The number of halogens is 1. The van der Waals surface area contributed by atoms with Crippen molar-refractivity contribution in [3.63, 3.8) is 0 Å². The van der Waals surface area contributed by atoms with E-state index in [1.54, 1.807) is 0 Å². The Balaban J connectivity index is 0.00000132. The molecule has 0 bridgehead atoms. The topological polar surface area (TPSA) is 15.9 Å². The van der Waals surface area contributed by atoms with Gasteiger partial charge in [-0.25, -0.2) is 0 Å². The lowest BCUT2D eigenvalue weighted by Gasteiger charge is -2.22. The van der Waals surface area contributed by atoms with E-state index in [9.17, 15) is 0 Å². The van der Waals surface area contributed by atoms with Crippen molar-refractivity contribution in [3.05, 3.63) is 54.2 Å². The third-order valence-electron chi connectivity index (χ3n) is 3.79. The van der Waals surface area contributed by atoms with Crippen LogP contribution in [0.2, 0.25) is 0 Å². The Hall–Kier alpha value is -1.71. The van der Waals surface area contributed by atoms with Crippen LogP contribution in [0.25, 0.3) is 10.9 Å². The van der Waals surface area contributed by atoms with E-state index < -0.39 is 0 Å². The van der Waals surface area contributed by atoms with E-state index in [0.29, 0.717) is 0 Å². The number of para-hydroxylation sites is 1. The lowest BCUT2D eigenvalue weighted by molar-refractivity contribution is -0.646. The zero-order chi connectivity index (χ0) is 13.7. The molecule has 0 amide bonds. The van der Waals surface area contributed by atoms with Gasteiger partial charge in [0.05, 0.1) is 16.8 Å². The number of aryl methyl sites for hydroxylation is 2. The summed E-state index contributed by atoms with van der Waals surface area (Å²) < 4.78 is 2.20. The van der Waals surface area contributed by atoms with Crippen molar-refractivity contribution < 1.29 is 17.0 Å². The zero-order valence-corrected chi connectivity index (χ0v) is 13.4. The predicted molar refractivity (Wildman–Crippen MR) is 83.7 cm³/mol. The lowest BCUT2D eigenvalue weighted by atomic mass is 10.1. The van der Waals surface area contributed by atoms with Gasteiger partial charge in [0, 0.05) is 11.0 Å². The number of hydrogen-bond acceptors (Lipinski definition) is 2. The van der Waals surface area contributed by atoms with Crippen LogP contribution in [-0.2, 0) is 7.05 Å². The van der Waals surface area contributed by atoms with E-state index in [4.69, 9.17) is 0 Å². The van der Waals surface area contributed by atoms with Crippen molar-refractivity contribution >= 4 is 34.0 Å². The Morgan fingerprint density at radius 1 is 1.05 bits per heavy atom. The fourth-order valence-corrected chi connectivity index (χ4v) is 3.92. The van der Waals surface area contributed by atoms with Crippen molar-refractivity contribution in [1.29, 1.82) is 0 Å². The minimum Gasteiger partial charge on any atom is -1.00 e. The minimum absolute atomic E-state index is 0. The van der Waals surface area contributed by atoms with E-state index in [2.05, 4.69) is 72.5 Å². The molecule has 3 aromatic rings. The number of rotatable bonds is 0. The highest BCUT2D eigenvalue weighted by molar-refractivity contribution is 7.99. The third kappa shape index (κ3) is 2.17. The highest BCUT2D eigenvalue weighted by Crippen LogP contribution is 2.47. The van der Waals surface area contributed by atoms with Gasteiger partial charge in [0.15, 0.2) is 6.20 Å².